The molecule has 4 heteroatoms. The second kappa shape index (κ2) is 2.67. The quantitative estimate of drug-likeness (QED) is 0.637. The molecular formula is C7H11N2OP. The van der Waals surface area contributed by atoms with Gasteiger partial charge in [0.1, 0.15) is 13.0 Å². The molecule has 0 bridgehead atoms. The van der Waals surface area contributed by atoms with Gasteiger partial charge in [0.2, 0.25) is 0 Å². The van der Waals surface area contributed by atoms with Crippen molar-refractivity contribution in [3.05, 3.63) is 18.3 Å². The number of nitrogens with two attached hydrogens (primary N) is 1. The molecule has 3 nitrogen and oxygen atoms in total. The predicted octanol–water partition coefficient (Wildman–Crippen LogP) is 0.912. The normalized spacial score (nSPS) is 11.5. The lowest BCUT2D eigenvalue weighted by Gasteiger charge is -2.07. The molecular weight excluding hydrogens is 159 g/mol. The summed E-state index contributed by atoms with van der Waals surface area (Å²) in [4.78, 5) is 3.85. The molecule has 0 radical (unpaired) electrons. The Bertz CT molecular complexity index is 305. The third-order valence-electron chi connectivity index (χ3n) is 1.40. The minimum absolute atomic E-state index is 0.376. The third kappa shape index (κ3) is 1.81. The Hall–Kier alpha value is -0.820. The van der Waals surface area contributed by atoms with Crippen molar-refractivity contribution in [2.24, 2.45) is 0 Å². The smallest absolute Gasteiger partial charge is 0.134 e. The first-order valence-electron chi connectivity index (χ1n) is 3.28. The van der Waals surface area contributed by atoms with Crippen molar-refractivity contribution in [1.82, 2.24) is 4.98 Å². The van der Waals surface area contributed by atoms with Gasteiger partial charge < -0.3 is 10.3 Å². The maximum atomic E-state index is 11.5. The number of rotatable bonds is 1. The van der Waals surface area contributed by atoms with Crippen molar-refractivity contribution in [2.45, 2.75) is 0 Å². The third-order valence-corrected chi connectivity index (χ3v) is 2.93. The number of nitrogen functional groups attached to an aromatic ring is 1. The number of anilines is 1. The molecule has 0 aromatic carbocycles. The molecule has 0 aliphatic rings. The second-order valence-electron chi connectivity index (χ2n) is 2.76. The number of nitrogens with zero attached hydrogens (tertiary/aromatic N) is 1. The number of hydrogen-bond acceptors (Lipinski definition) is 3. The molecule has 11 heavy (non-hydrogen) atoms. The zero-order valence-electron chi connectivity index (χ0n) is 6.61. The van der Waals surface area contributed by atoms with Crippen LogP contribution in [0.3, 0.4) is 0 Å². The monoisotopic (exact) mass is 170 g/mol. The highest BCUT2D eigenvalue weighted by atomic mass is 31.2. The van der Waals surface area contributed by atoms with E-state index in [1.54, 1.807) is 31.7 Å². The maximum absolute atomic E-state index is 11.5. The zero-order chi connectivity index (χ0) is 8.48. The lowest BCUT2D eigenvalue weighted by atomic mass is 10.5. The van der Waals surface area contributed by atoms with Gasteiger partial charge in [0.15, 0.2) is 0 Å². The van der Waals surface area contributed by atoms with Gasteiger partial charge in [-0.15, -0.1) is 0 Å². The lowest BCUT2D eigenvalue weighted by molar-refractivity contribution is 0.588. The van der Waals surface area contributed by atoms with Crippen LogP contribution in [0.5, 0.6) is 0 Å². The highest BCUT2D eigenvalue weighted by Gasteiger charge is 2.13. The van der Waals surface area contributed by atoms with Crippen molar-refractivity contribution in [3.63, 3.8) is 0 Å². The van der Waals surface area contributed by atoms with Gasteiger partial charge in [0, 0.05) is 6.20 Å². The Morgan fingerprint density at radius 3 is 2.55 bits per heavy atom. The summed E-state index contributed by atoms with van der Waals surface area (Å²) >= 11 is 0. The SMILES string of the molecule is CP(C)(=O)c1cccnc1N. The van der Waals surface area contributed by atoms with Gasteiger partial charge in [-0.25, -0.2) is 4.98 Å². The summed E-state index contributed by atoms with van der Waals surface area (Å²) < 4.78 is 11.5. The van der Waals surface area contributed by atoms with E-state index >= 15 is 0 Å². The van der Waals surface area contributed by atoms with E-state index in [9.17, 15) is 4.57 Å². The van der Waals surface area contributed by atoms with Crippen LogP contribution in [0.25, 0.3) is 0 Å². The van der Waals surface area contributed by atoms with Crippen LogP contribution in [0.4, 0.5) is 5.82 Å². The summed E-state index contributed by atoms with van der Waals surface area (Å²) in [6, 6.07) is 3.49. The maximum Gasteiger partial charge on any atom is 0.134 e. The summed E-state index contributed by atoms with van der Waals surface area (Å²) in [5, 5.41) is 0.667. The molecule has 60 valence electrons. The van der Waals surface area contributed by atoms with Crippen molar-refractivity contribution >= 4 is 18.3 Å². The van der Waals surface area contributed by atoms with Crippen LogP contribution in [0.1, 0.15) is 0 Å². The van der Waals surface area contributed by atoms with Gasteiger partial charge in [-0.1, -0.05) is 0 Å². The predicted molar refractivity (Wildman–Crippen MR) is 47.7 cm³/mol. The molecule has 1 aromatic rings. The molecule has 1 heterocycles. The molecule has 2 N–H and O–H groups in total. The first-order chi connectivity index (χ1) is 5.02. The van der Waals surface area contributed by atoms with Gasteiger partial charge in [-0.05, 0) is 25.5 Å². The second-order valence-corrected chi connectivity index (χ2v) is 5.94. The molecule has 1 rings (SSSR count). The Morgan fingerprint density at radius 2 is 2.18 bits per heavy atom. The van der Waals surface area contributed by atoms with E-state index in [4.69, 9.17) is 5.73 Å². The summed E-state index contributed by atoms with van der Waals surface area (Å²) in [7, 11) is -2.24. The van der Waals surface area contributed by atoms with E-state index in [-0.39, 0.29) is 0 Å². The van der Waals surface area contributed by atoms with Gasteiger partial charge in [-0.2, -0.15) is 0 Å². The molecule has 1 aromatic heterocycles. The van der Waals surface area contributed by atoms with Crippen molar-refractivity contribution in [3.8, 4) is 0 Å². The zero-order valence-corrected chi connectivity index (χ0v) is 7.51. The van der Waals surface area contributed by atoms with Crippen molar-refractivity contribution < 1.29 is 4.57 Å². The molecule has 0 saturated carbocycles. The fourth-order valence-corrected chi connectivity index (χ4v) is 1.92. The molecule has 0 unspecified atom stereocenters. The van der Waals surface area contributed by atoms with E-state index in [1.807, 2.05) is 0 Å². The van der Waals surface area contributed by atoms with E-state index in [1.165, 1.54) is 0 Å². The average Bonchev–Trinajstić information content (AvgIpc) is 1.86. The first-order valence-corrected chi connectivity index (χ1v) is 5.88. The van der Waals surface area contributed by atoms with E-state index in [0.717, 1.165) is 0 Å². The van der Waals surface area contributed by atoms with Crippen LogP contribution in [0, 0.1) is 0 Å². The van der Waals surface area contributed by atoms with Crippen LogP contribution < -0.4 is 11.0 Å². The Balaban J connectivity index is 3.25. The molecule has 0 aliphatic heterocycles. The van der Waals surface area contributed by atoms with Gasteiger partial charge in [-0.3, -0.25) is 0 Å². The lowest BCUT2D eigenvalue weighted by Crippen LogP contribution is -2.10. The fourth-order valence-electron chi connectivity index (χ4n) is 0.864. The summed E-state index contributed by atoms with van der Waals surface area (Å²) in [5.74, 6) is 0.376. The molecule has 0 amide bonds. The molecule has 0 saturated heterocycles. The first kappa shape index (κ1) is 8.28. The van der Waals surface area contributed by atoms with Crippen molar-refractivity contribution in [2.75, 3.05) is 19.1 Å². The van der Waals surface area contributed by atoms with Gasteiger partial charge in [0.25, 0.3) is 0 Å². The van der Waals surface area contributed by atoms with Crippen LogP contribution in [0.2, 0.25) is 0 Å². The van der Waals surface area contributed by atoms with Crippen LogP contribution in [0.15, 0.2) is 18.3 Å². The minimum atomic E-state index is -2.24. The standard InChI is InChI=1S/C7H11N2OP/c1-11(2,10)6-4-3-5-9-7(6)8/h3-5H,1-2H3,(H2,8,9). The largest absolute Gasteiger partial charge is 0.383 e. The van der Waals surface area contributed by atoms with Crippen LogP contribution >= 0.6 is 7.14 Å². The number of hydrogen-bond donors (Lipinski definition) is 1. The highest BCUT2D eigenvalue weighted by molar-refractivity contribution is 7.70. The summed E-state index contributed by atoms with van der Waals surface area (Å²) in [6.07, 6.45) is 1.59. The minimum Gasteiger partial charge on any atom is -0.383 e. The fraction of sp³-hybridized carbons (Fsp3) is 0.286. The topological polar surface area (TPSA) is 56.0 Å². The number of aromatic nitrogens is 1. The van der Waals surface area contributed by atoms with Crippen LogP contribution in [-0.2, 0) is 4.57 Å². The van der Waals surface area contributed by atoms with E-state index in [0.29, 0.717) is 11.1 Å². The van der Waals surface area contributed by atoms with Crippen LogP contribution in [-0.4, -0.2) is 18.3 Å². The average molecular weight is 170 g/mol. The van der Waals surface area contributed by atoms with E-state index < -0.39 is 7.14 Å². The molecule has 0 spiro atoms. The number of pyridine rings is 1. The summed E-state index contributed by atoms with van der Waals surface area (Å²) in [6.45, 7) is 3.36. The molecule has 0 atom stereocenters. The molecule has 0 fully saturated rings. The van der Waals surface area contributed by atoms with Gasteiger partial charge >= 0.3 is 0 Å². The van der Waals surface area contributed by atoms with E-state index in [2.05, 4.69) is 4.98 Å². The van der Waals surface area contributed by atoms with Gasteiger partial charge in [0.05, 0.1) is 5.30 Å². The highest BCUT2D eigenvalue weighted by Crippen LogP contribution is 2.35. The summed E-state index contributed by atoms with van der Waals surface area (Å²) in [5.41, 5.74) is 5.52. The Kier molecular flexibility index (Phi) is 2.01. The Labute approximate surface area is 66.0 Å². The van der Waals surface area contributed by atoms with Crippen molar-refractivity contribution in [1.29, 1.82) is 0 Å². The molecule has 0 aliphatic carbocycles. The Morgan fingerprint density at radius 1 is 1.55 bits per heavy atom.